The van der Waals surface area contributed by atoms with E-state index in [-0.39, 0.29) is 38.4 Å². The van der Waals surface area contributed by atoms with Crippen molar-refractivity contribution in [2.24, 2.45) is 5.92 Å². The number of amides is 1. The summed E-state index contributed by atoms with van der Waals surface area (Å²) in [5.41, 5.74) is 0. The lowest BCUT2D eigenvalue weighted by Crippen LogP contribution is -2.52. The maximum absolute atomic E-state index is 12.5. The molecule has 0 radical (unpaired) electrons. The summed E-state index contributed by atoms with van der Waals surface area (Å²) in [5.74, 6) is -1.76. The maximum atomic E-state index is 12.5. The predicted molar refractivity (Wildman–Crippen MR) is 59.2 cm³/mol. The number of aliphatic hydroxyl groups excluding tert-OH is 2. The van der Waals surface area contributed by atoms with Crippen LogP contribution in [0.15, 0.2) is 0 Å². The van der Waals surface area contributed by atoms with E-state index in [0.717, 1.165) is 0 Å². The summed E-state index contributed by atoms with van der Waals surface area (Å²) in [4.78, 5) is 13.3. The second-order valence-corrected chi connectivity index (χ2v) is 5.15. The van der Waals surface area contributed by atoms with Crippen molar-refractivity contribution in [3.8, 4) is 0 Å². The molecular weight excluding hydrogens is 265 g/mol. The second-order valence-electron chi connectivity index (χ2n) is 5.15. The fourth-order valence-electron chi connectivity index (χ4n) is 2.52. The lowest BCUT2D eigenvalue weighted by atomic mass is 9.93. The van der Waals surface area contributed by atoms with Gasteiger partial charge in [0.2, 0.25) is 5.91 Å². The Morgan fingerprint density at radius 3 is 2.16 bits per heavy atom. The molecule has 4 atom stereocenters. The zero-order valence-electron chi connectivity index (χ0n) is 10.2. The number of halogens is 3. The van der Waals surface area contributed by atoms with Crippen molar-refractivity contribution in [3.05, 3.63) is 0 Å². The van der Waals surface area contributed by atoms with Gasteiger partial charge in [0, 0.05) is 19.6 Å². The van der Waals surface area contributed by atoms with E-state index in [1.165, 1.54) is 4.90 Å². The monoisotopic (exact) mass is 282 g/mol. The van der Waals surface area contributed by atoms with Crippen LogP contribution in [-0.2, 0) is 4.79 Å². The van der Waals surface area contributed by atoms with E-state index in [0.29, 0.717) is 0 Å². The average Bonchev–Trinajstić information content (AvgIpc) is 2.68. The van der Waals surface area contributed by atoms with Crippen molar-refractivity contribution in [3.63, 3.8) is 0 Å². The summed E-state index contributed by atoms with van der Waals surface area (Å²) in [6.07, 6.45) is -6.15. The molecule has 2 aliphatic heterocycles. The van der Waals surface area contributed by atoms with Crippen LogP contribution >= 0.6 is 0 Å². The fraction of sp³-hybridized carbons (Fsp3) is 0.909. The Balaban J connectivity index is 1.86. The largest absolute Gasteiger partial charge is 0.393 e. The van der Waals surface area contributed by atoms with Gasteiger partial charge in [0.1, 0.15) is 0 Å². The van der Waals surface area contributed by atoms with Crippen molar-refractivity contribution in [1.29, 1.82) is 0 Å². The van der Waals surface area contributed by atoms with Crippen LogP contribution in [0, 0.1) is 5.92 Å². The molecule has 2 saturated heterocycles. The highest BCUT2D eigenvalue weighted by Crippen LogP contribution is 2.32. The summed E-state index contributed by atoms with van der Waals surface area (Å²) < 4.78 is 37.4. The molecule has 110 valence electrons. The summed E-state index contributed by atoms with van der Waals surface area (Å²) in [5, 5.41) is 21.3. The number of aliphatic hydroxyl groups is 2. The minimum Gasteiger partial charge on any atom is -0.388 e. The van der Waals surface area contributed by atoms with Crippen LogP contribution in [0.25, 0.3) is 0 Å². The molecule has 2 rings (SSSR count). The smallest absolute Gasteiger partial charge is 0.388 e. The quantitative estimate of drug-likeness (QED) is 0.605. The van der Waals surface area contributed by atoms with Gasteiger partial charge >= 0.3 is 6.18 Å². The lowest BCUT2D eigenvalue weighted by molar-refractivity contribution is -0.180. The first-order valence-corrected chi connectivity index (χ1v) is 6.24. The van der Waals surface area contributed by atoms with Gasteiger partial charge in [-0.15, -0.1) is 0 Å². The molecule has 2 heterocycles. The molecule has 1 amide bonds. The van der Waals surface area contributed by atoms with Gasteiger partial charge in [0.15, 0.2) is 0 Å². The molecule has 4 unspecified atom stereocenters. The molecule has 0 bridgehead atoms. The standard InChI is InChI=1S/C11H17F3N2O3/c12-11(13,14)6-1-2-7(15-3-6)10(19)16-4-8(17)9(18)5-16/h6-9,15,17-18H,1-5H2. The third-order valence-corrected chi connectivity index (χ3v) is 3.75. The molecule has 2 aliphatic rings. The van der Waals surface area contributed by atoms with Crippen molar-refractivity contribution >= 4 is 5.91 Å². The third kappa shape index (κ3) is 3.18. The molecule has 5 nitrogen and oxygen atoms in total. The fourth-order valence-corrected chi connectivity index (χ4v) is 2.52. The van der Waals surface area contributed by atoms with Gasteiger partial charge in [-0.25, -0.2) is 0 Å². The van der Waals surface area contributed by atoms with Crippen molar-refractivity contribution in [2.45, 2.75) is 37.3 Å². The highest BCUT2D eigenvalue weighted by Gasteiger charge is 2.44. The minimum absolute atomic E-state index is 0.0287. The highest BCUT2D eigenvalue weighted by molar-refractivity contribution is 5.82. The van der Waals surface area contributed by atoms with Crippen LogP contribution < -0.4 is 5.32 Å². The summed E-state index contributed by atoms with van der Waals surface area (Å²) in [7, 11) is 0. The molecule has 8 heteroatoms. The normalized spacial score (nSPS) is 36.6. The van der Waals surface area contributed by atoms with Gasteiger partial charge in [-0.3, -0.25) is 4.79 Å². The van der Waals surface area contributed by atoms with Gasteiger partial charge in [0.05, 0.1) is 24.2 Å². The Kier molecular flexibility index (Phi) is 4.03. The first kappa shape index (κ1) is 14.5. The number of carbonyl (C=O) groups excluding carboxylic acids is 1. The molecule has 0 spiro atoms. The number of rotatable bonds is 1. The molecule has 2 fully saturated rings. The van der Waals surface area contributed by atoms with Crippen molar-refractivity contribution < 1.29 is 28.2 Å². The minimum atomic E-state index is -4.24. The number of nitrogens with one attached hydrogen (secondary N) is 1. The number of hydrogen-bond donors (Lipinski definition) is 3. The van der Waals surface area contributed by atoms with Gasteiger partial charge in [0.25, 0.3) is 0 Å². The zero-order chi connectivity index (χ0) is 14.2. The lowest BCUT2D eigenvalue weighted by Gasteiger charge is -2.32. The Hall–Kier alpha value is -0.860. The summed E-state index contributed by atoms with van der Waals surface area (Å²) >= 11 is 0. The molecule has 0 aromatic heterocycles. The first-order chi connectivity index (χ1) is 8.79. The number of hydrogen-bond acceptors (Lipinski definition) is 4. The van der Waals surface area contributed by atoms with Gasteiger partial charge < -0.3 is 20.4 Å². The van der Waals surface area contributed by atoms with Crippen LogP contribution in [0.4, 0.5) is 13.2 Å². The van der Waals surface area contributed by atoms with Crippen molar-refractivity contribution in [2.75, 3.05) is 19.6 Å². The maximum Gasteiger partial charge on any atom is 0.393 e. The number of nitrogens with zero attached hydrogens (tertiary/aromatic N) is 1. The van der Waals surface area contributed by atoms with Crippen LogP contribution in [-0.4, -0.2) is 65.1 Å². The van der Waals surface area contributed by atoms with Gasteiger partial charge in [-0.05, 0) is 12.8 Å². The van der Waals surface area contributed by atoms with Crippen LogP contribution in [0.3, 0.4) is 0 Å². The van der Waals surface area contributed by atoms with E-state index in [1.807, 2.05) is 0 Å². The zero-order valence-corrected chi connectivity index (χ0v) is 10.2. The SMILES string of the molecule is O=C(C1CCC(C(F)(F)F)CN1)N1CC(O)C(O)C1. The topological polar surface area (TPSA) is 72.8 Å². The van der Waals surface area contributed by atoms with E-state index >= 15 is 0 Å². The predicted octanol–water partition coefficient (Wildman–Crippen LogP) is -0.519. The number of piperidine rings is 1. The van der Waals surface area contributed by atoms with Crippen LogP contribution in [0.5, 0.6) is 0 Å². The van der Waals surface area contributed by atoms with E-state index in [9.17, 15) is 28.2 Å². The Morgan fingerprint density at radius 1 is 1.16 bits per heavy atom. The van der Waals surface area contributed by atoms with E-state index in [1.54, 1.807) is 0 Å². The van der Waals surface area contributed by atoms with Crippen molar-refractivity contribution in [1.82, 2.24) is 10.2 Å². The summed E-state index contributed by atoms with van der Waals surface area (Å²) in [6, 6.07) is -0.656. The summed E-state index contributed by atoms with van der Waals surface area (Å²) in [6.45, 7) is -0.208. The highest BCUT2D eigenvalue weighted by atomic mass is 19.4. The van der Waals surface area contributed by atoms with Crippen LogP contribution in [0.2, 0.25) is 0 Å². The molecular formula is C11H17F3N2O3. The second kappa shape index (κ2) is 5.26. The van der Waals surface area contributed by atoms with E-state index in [4.69, 9.17) is 0 Å². The Labute approximate surface area is 108 Å². The van der Waals surface area contributed by atoms with E-state index in [2.05, 4.69) is 5.32 Å². The van der Waals surface area contributed by atoms with Gasteiger partial charge in [-0.2, -0.15) is 13.2 Å². The number of β-amino-alcohol motifs (C(OH)–C–C–N with tert-alkyl or cyclic N) is 2. The molecule has 3 N–H and O–H groups in total. The third-order valence-electron chi connectivity index (χ3n) is 3.75. The molecule has 0 aromatic carbocycles. The number of likely N-dealkylation sites (tertiary alicyclic amines) is 1. The molecule has 19 heavy (non-hydrogen) atoms. The van der Waals surface area contributed by atoms with Gasteiger partial charge in [-0.1, -0.05) is 0 Å². The van der Waals surface area contributed by atoms with Crippen LogP contribution in [0.1, 0.15) is 12.8 Å². The molecule has 0 saturated carbocycles. The molecule has 0 aliphatic carbocycles. The number of carbonyl (C=O) groups is 1. The Bertz CT molecular complexity index is 333. The first-order valence-electron chi connectivity index (χ1n) is 6.24. The number of alkyl halides is 3. The Morgan fingerprint density at radius 2 is 1.74 bits per heavy atom. The molecule has 0 aromatic rings. The van der Waals surface area contributed by atoms with E-state index < -0.39 is 30.3 Å². The average molecular weight is 282 g/mol.